The topological polar surface area (TPSA) is 26.3 Å². The molecule has 0 aliphatic heterocycles. The van der Waals surface area contributed by atoms with Gasteiger partial charge in [-0.1, -0.05) is 44.4 Å². The van der Waals surface area contributed by atoms with Gasteiger partial charge in [0.25, 0.3) is 0 Å². The van der Waals surface area contributed by atoms with Gasteiger partial charge in [0.2, 0.25) is 5.06 Å². The Labute approximate surface area is 154 Å². The lowest BCUT2D eigenvalue weighted by Gasteiger charge is -2.12. The van der Waals surface area contributed by atoms with E-state index in [1.54, 1.807) is 0 Å². The van der Waals surface area contributed by atoms with Crippen molar-refractivity contribution in [1.29, 1.82) is 0 Å². The average molecular weight is 472 g/mol. The summed E-state index contributed by atoms with van der Waals surface area (Å²) < 4.78 is 22.0. The Morgan fingerprint density at radius 1 is 1.27 bits per heavy atom. The lowest BCUT2D eigenvalue weighted by Crippen LogP contribution is -2.13. The van der Waals surface area contributed by atoms with Gasteiger partial charge in [0.1, 0.15) is 0 Å². The Kier molecular flexibility index (Phi) is 6.86. The summed E-state index contributed by atoms with van der Waals surface area (Å²) in [6, 6.07) is 0. The van der Waals surface area contributed by atoms with Crippen LogP contribution in [0.25, 0.3) is 10.1 Å². The number of fused-ring (bicyclic) bond motifs is 1. The van der Waals surface area contributed by atoms with Crippen LogP contribution >= 0.6 is 54.5 Å². The predicted octanol–water partition coefficient (Wildman–Crippen LogP) is 7.14. The van der Waals surface area contributed by atoms with Crippen molar-refractivity contribution >= 4 is 70.6 Å². The van der Waals surface area contributed by atoms with E-state index in [1.807, 2.05) is 0 Å². The van der Waals surface area contributed by atoms with Gasteiger partial charge < -0.3 is 4.74 Å². The standard InChI is InChI=1S/C15H17Br2FO2S2/c1-3-5-6-8(4-2)7-9(19)20-15-11(18)10-12(21-15)14(17)22-13(10)16/h8H,3-7H2,1-2H3. The summed E-state index contributed by atoms with van der Waals surface area (Å²) in [6.45, 7) is 4.21. The molecule has 22 heavy (non-hydrogen) atoms. The maximum atomic E-state index is 14.4. The van der Waals surface area contributed by atoms with E-state index in [4.69, 9.17) is 4.74 Å². The van der Waals surface area contributed by atoms with E-state index >= 15 is 0 Å². The van der Waals surface area contributed by atoms with E-state index in [1.165, 1.54) is 22.7 Å². The van der Waals surface area contributed by atoms with Gasteiger partial charge in [-0.15, -0.1) is 11.3 Å². The molecule has 0 aromatic carbocycles. The Morgan fingerprint density at radius 3 is 2.59 bits per heavy atom. The molecule has 0 aliphatic carbocycles. The fourth-order valence-corrected chi connectivity index (χ4v) is 6.68. The summed E-state index contributed by atoms with van der Waals surface area (Å²) in [4.78, 5) is 12.1. The third kappa shape index (κ3) is 4.10. The minimum absolute atomic E-state index is 0.0644. The van der Waals surface area contributed by atoms with Gasteiger partial charge in [-0.2, -0.15) is 0 Å². The molecule has 0 fully saturated rings. The molecular formula is C15H17Br2FO2S2. The normalized spacial score (nSPS) is 12.8. The number of carbonyl (C=O) groups excluding carboxylic acids is 1. The van der Waals surface area contributed by atoms with Crippen LogP contribution in [0.15, 0.2) is 7.57 Å². The molecule has 2 rings (SSSR count). The molecule has 0 amide bonds. The molecule has 0 aliphatic rings. The third-order valence-corrected chi connectivity index (χ3v) is 7.56. The number of hydrogen-bond acceptors (Lipinski definition) is 4. The fraction of sp³-hybridized carbons (Fsp3) is 0.533. The van der Waals surface area contributed by atoms with Gasteiger partial charge in [-0.05, 0) is 44.2 Å². The smallest absolute Gasteiger partial charge is 0.312 e. The second-order valence-electron chi connectivity index (χ2n) is 5.15. The van der Waals surface area contributed by atoms with Gasteiger partial charge >= 0.3 is 5.97 Å². The van der Waals surface area contributed by atoms with Gasteiger partial charge in [0, 0.05) is 6.42 Å². The molecule has 2 heterocycles. The van der Waals surface area contributed by atoms with Crippen LogP contribution in [0, 0.1) is 11.7 Å². The zero-order valence-corrected chi connectivity index (χ0v) is 17.2. The van der Waals surface area contributed by atoms with Crippen molar-refractivity contribution in [3.05, 3.63) is 13.4 Å². The molecule has 2 nitrogen and oxygen atoms in total. The van der Waals surface area contributed by atoms with Crippen LogP contribution < -0.4 is 4.74 Å². The highest BCUT2D eigenvalue weighted by Crippen LogP contribution is 2.48. The SMILES string of the molecule is CCCCC(CC)CC(=O)Oc1sc2c(Br)sc(Br)c2c1F. The van der Waals surface area contributed by atoms with Crippen molar-refractivity contribution in [2.45, 2.75) is 46.0 Å². The number of halogens is 3. The molecule has 0 spiro atoms. The first-order chi connectivity index (χ1) is 10.5. The Bertz CT molecular complexity index is 666. The monoisotopic (exact) mass is 470 g/mol. The molecule has 0 saturated carbocycles. The van der Waals surface area contributed by atoms with E-state index in [9.17, 15) is 9.18 Å². The van der Waals surface area contributed by atoms with Crippen LogP contribution in [0.2, 0.25) is 0 Å². The quantitative estimate of drug-likeness (QED) is 0.401. The van der Waals surface area contributed by atoms with E-state index < -0.39 is 5.82 Å². The second-order valence-corrected chi connectivity index (χ2v) is 9.79. The fourth-order valence-electron chi connectivity index (χ4n) is 2.27. The predicted molar refractivity (Wildman–Crippen MR) is 98.6 cm³/mol. The van der Waals surface area contributed by atoms with Gasteiger partial charge in [-0.25, -0.2) is 4.39 Å². The largest absolute Gasteiger partial charge is 0.412 e. The summed E-state index contributed by atoms with van der Waals surface area (Å²) in [7, 11) is 0. The zero-order valence-electron chi connectivity index (χ0n) is 12.4. The van der Waals surface area contributed by atoms with Crippen LogP contribution in [0.4, 0.5) is 4.39 Å². The number of thiophene rings is 2. The van der Waals surface area contributed by atoms with Crippen molar-refractivity contribution in [2.75, 3.05) is 0 Å². The summed E-state index contributed by atoms with van der Waals surface area (Å²) >= 11 is 9.33. The first-order valence-electron chi connectivity index (χ1n) is 7.24. The minimum atomic E-state index is -0.455. The lowest BCUT2D eigenvalue weighted by molar-refractivity contribution is -0.135. The highest BCUT2D eigenvalue weighted by atomic mass is 79.9. The summed E-state index contributed by atoms with van der Waals surface area (Å²) in [5.74, 6) is -0.486. The summed E-state index contributed by atoms with van der Waals surface area (Å²) in [5, 5.41) is 0.553. The molecule has 1 unspecified atom stereocenters. The van der Waals surface area contributed by atoms with Crippen molar-refractivity contribution in [3.8, 4) is 5.06 Å². The van der Waals surface area contributed by atoms with Crippen molar-refractivity contribution < 1.29 is 13.9 Å². The molecule has 7 heteroatoms. The number of unbranched alkanes of at least 4 members (excludes halogenated alkanes) is 1. The second kappa shape index (κ2) is 8.22. The van der Waals surface area contributed by atoms with Gasteiger partial charge in [-0.3, -0.25) is 4.79 Å². The van der Waals surface area contributed by atoms with Crippen molar-refractivity contribution in [2.24, 2.45) is 5.92 Å². The molecule has 0 radical (unpaired) electrons. The molecule has 2 aromatic rings. The van der Waals surface area contributed by atoms with E-state index in [-0.39, 0.29) is 11.0 Å². The first kappa shape index (κ1) is 18.4. The van der Waals surface area contributed by atoms with Crippen LogP contribution in [0.5, 0.6) is 5.06 Å². The summed E-state index contributed by atoms with van der Waals surface area (Å²) in [5.41, 5.74) is 0. The molecule has 1 atom stereocenters. The zero-order chi connectivity index (χ0) is 16.3. The lowest BCUT2D eigenvalue weighted by atomic mass is 9.96. The summed E-state index contributed by atoms with van der Waals surface area (Å²) in [6.07, 6.45) is 4.52. The third-order valence-electron chi connectivity index (χ3n) is 3.58. The number of esters is 1. The maximum Gasteiger partial charge on any atom is 0.312 e. The maximum absolute atomic E-state index is 14.4. The molecule has 2 aromatic heterocycles. The van der Waals surface area contributed by atoms with Crippen molar-refractivity contribution in [3.63, 3.8) is 0 Å². The van der Waals surface area contributed by atoms with Gasteiger partial charge in [0.05, 0.1) is 17.7 Å². The molecule has 0 N–H and O–H groups in total. The van der Waals surface area contributed by atoms with E-state index in [0.717, 1.165) is 34.2 Å². The van der Waals surface area contributed by atoms with Gasteiger partial charge in [0.15, 0.2) is 5.82 Å². The highest BCUT2D eigenvalue weighted by Gasteiger charge is 2.23. The first-order valence-corrected chi connectivity index (χ1v) is 10.5. The molecular weight excluding hydrogens is 455 g/mol. The minimum Gasteiger partial charge on any atom is -0.412 e. The average Bonchev–Trinajstić information content (AvgIpc) is 2.94. The van der Waals surface area contributed by atoms with E-state index in [2.05, 4.69) is 45.7 Å². The number of carbonyl (C=O) groups is 1. The molecule has 0 saturated heterocycles. The highest BCUT2D eigenvalue weighted by molar-refractivity contribution is 9.12. The van der Waals surface area contributed by atoms with Crippen LogP contribution in [0.1, 0.15) is 46.0 Å². The Morgan fingerprint density at radius 2 is 2.00 bits per heavy atom. The Hall–Kier alpha value is 0.0200. The van der Waals surface area contributed by atoms with E-state index in [0.29, 0.717) is 21.5 Å². The molecule has 0 bridgehead atoms. The number of rotatable bonds is 7. The number of hydrogen-bond donors (Lipinski definition) is 0. The molecule has 122 valence electrons. The van der Waals surface area contributed by atoms with Crippen molar-refractivity contribution in [1.82, 2.24) is 0 Å². The Balaban J connectivity index is 2.08. The van der Waals surface area contributed by atoms with Crippen LogP contribution in [-0.2, 0) is 4.79 Å². The van der Waals surface area contributed by atoms with Crippen LogP contribution in [0.3, 0.4) is 0 Å². The van der Waals surface area contributed by atoms with Crippen LogP contribution in [-0.4, -0.2) is 5.97 Å². The number of ether oxygens (including phenoxy) is 1.